The fourth-order valence-corrected chi connectivity index (χ4v) is 2.29. The molecule has 1 aromatic rings. The molecule has 2 rings (SSSR count). The molecule has 1 aliphatic rings. The van der Waals surface area contributed by atoms with Crippen LogP contribution in [0.3, 0.4) is 0 Å². The summed E-state index contributed by atoms with van der Waals surface area (Å²) in [5, 5.41) is 10.5. The van der Waals surface area contributed by atoms with E-state index in [9.17, 15) is 10.1 Å². The molecule has 0 aliphatic heterocycles. The van der Waals surface area contributed by atoms with E-state index in [4.69, 9.17) is 5.73 Å². The van der Waals surface area contributed by atoms with Gasteiger partial charge in [0.25, 0.3) is 5.69 Å². The molecule has 1 aliphatic carbocycles. The summed E-state index contributed by atoms with van der Waals surface area (Å²) >= 11 is 0. The number of amidine groups is 1. The number of non-ortho nitro benzene ring substituents is 1. The Balaban J connectivity index is 2.08. The maximum Gasteiger partial charge on any atom is 0.269 e. The predicted molar refractivity (Wildman–Crippen MR) is 71.0 cm³/mol. The Labute approximate surface area is 106 Å². The van der Waals surface area contributed by atoms with Crippen molar-refractivity contribution < 1.29 is 4.92 Å². The Hall–Kier alpha value is -1.91. The molecule has 5 heteroatoms. The Morgan fingerprint density at radius 2 is 1.83 bits per heavy atom. The summed E-state index contributed by atoms with van der Waals surface area (Å²) in [7, 11) is 0. The number of rotatable bonds is 3. The van der Waals surface area contributed by atoms with Gasteiger partial charge < -0.3 is 5.73 Å². The van der Waals surface area contributed by atoms with Crippen LogP contribution < -0.4 is 5.73 Å². The van der Waals surface area contributed by atoms with Gasteiger partial charge in [-0.1, -0.05) is 19.3 Å². The summed E-state index contributed by atoms with van der Waals surface area (Å²) in [6, 6.07) is 6.17. The molecular weight excluding hydrogens is 230 g/mol. The average Bonchev–Trinajstić information content (AvgIpc) is 2.40. The fourth-order valence-electron chi connectivity index (χ4n) is 2.29. The molecule has 0 bridgehead atoms. The lowest BCUT2D eigenvalue weighted by Gasteiger charge is -2.20. The van der Waals surface area contributed by atoms with Gasteiger partial charge in [0, 0.05) is 18.1 Å². The lowest BCUT2D eigenvalue weighted by atomic mass is 9.88. The largest absolute Gasteiger partial charge is 0.387 e. The van der Waals surface area contributed by atoms with Gasteiger partial charge in [-0.2, -0.15) is 0 Å². The van der Waals surface area contributed by atoms with Crippen LogP contribution in [0.1, 0.15) is 32.1 Å². The third-order valence-corrected chi connectivity index (χ3v) is 3.34. The highest BCUT2D eigenvalue weighted by Crippen LogP contribution is 2.25. The van der Waals surface area contributed by atoms with E-state index in [0.29, 0.717) is 17.4 Å². The van der Waals surface area contributed by atoms with Crippen molar-refractivity contribution >= 4 is 17.2 Å². The zero-order valence-corrected chi connectivity index (χ0v) is 10.2. The molecule has 1 aromatic carbocycles. The molecule has 0 unspecified atom stereocenters. The van der Waals surface area contributed by atoms with Crippen molar-refractivity contribution in [1.29, 1.82) is 0 Å². The molecule has 0 amide bonds. The minimum atomic E-state index is -0.419. The van der Waals surface area contributed by atoms with Crippen LogP contribution in [0.15, 0.2) is 29.3 Å². The SMILES string of the molecule is NC(=Nc1ccc([N+](=O)[O-])cc1)C1CCCCC1. The van der Waals surface area contributed by atoms with Crippen molar-refractivity contribution in [1.82, 2.24) is 0 Å². The van der Waals surface area contributed by atoms with E-state index < -0.39 is 4.92 Å². The van der Waals surface area contributed by atoms with Crippen LogP contribution in [0.25, 0.3) is 0 Å². The normalized spacial score (nSPS) is 17.7. The smallest absolute Gasteiger partial charge is 0.269 e. The van der Waals surface area contributed by atoms with E-state index in [1.807, 2.05) is 0 Å². The molecule has 2 N–H and O–H groups in total. The molecule has 0 aromatic heterocycles. The second-order valence-electron chi connectivity index (χ2n) is 4.65. The summed E-state index contributed by atoms with van der Waals surface area (Å²) in [6.45, 7) is 0. The van der Waals surface area contributed by atoms with Crippen LogP contribution in [0.4, 0.5) is 11.4 Å². The molecule has 5 nitrogen and oxygen atoms in total. The van der Waals surface area contributed by atoms with Gasteiger partial charge in [0.2, 0.25) is 0 Å². The first kappa shape index (κ1) is 12.5. The number of nitrogens with zero attached hydrogens (tertiary/aromatic N) is 2. The summed E-state index contributed by atoms with van der Waals surface area (Å²) in [6.07, 6.45) is 5.90. The number of aliphatic imine (C=N–C) groups is 1. The van der Waals surface area contributed by atoms with Gasteiger partial charge in [-0.25, -0.2) is 4.99 Å². The zero-order valence-electron chi connectivity index (χ0n) is 10.2. The van der Waals surface area contributed by atoms with Gasteiger partial charge in [-0.3, -0.25) is 10.1 Å². The molecule has 18 heavy (non-hydrogen) atoms. The highest BCUT2D eigenvalue weighted by Gasteiger charge is 2.16. The second-order valence-corrected chi connectivity index (χ2v) is 4.65. The summed E-state index contributed by atoms with van der Waals surface area (Å²) in [4.78, 5) is 14.5. The first-order chi connectivity index (χ1) is 8.66. The number of nitrogens with two attached hydrogens (primary N) is 1. The Kier molecular flexibility index (Phi) is 3.92. The first-order valence-corrected chi connectivity index (χ1v) is 6.25. The van der Waals surface area contributed by atoms with Crippen LogP contribution in [0, 0.1) is 16.0 Å². The summed E-state index contributed by atoms with van der Waals surface area (Å²) in [5.41, 5.74) is 6.75. The van der Waals surface area contributed by atoms with Gasteiger partial charge in [0.05, 0.1) is 10.6 Å². The van der Waals surface area contributed by atoms with E-state index in [1.165, 1.54) is 31.4 Å². The average molecular weight is 247 g/mol. The Bertz CT molecular complexity index is 448. The second kappa shape index (κ2) is 5.62. The van der Waals surface area contributed by atoms with Crippen LogP contribution in [-0.2, 0) is 0 Å². The quantitative estimate of drug-likeness (QED) is 0.385. The number of hydrogen-bond acceptors (Lipinski definition) is 3. The van der Waals surface area contributed by atoms with Crippen molar-refractivity contribution in [3.8, 4) is 0 Å². The van der Waals surface area contributed by atoms with E-state index in [2.05, 4.69) is 4.99 Å². The zero-order chi connectivity index (χ0) is 13.0. The molecule has 0 atom stereocenters. The van der Waals surface area contributed by atoms with Crippen LogP contribution in [0.5, 0.6) is 0 Å². The van der Waals surface area contributed by atoms with Crippen molar-refractivity contribution in [2.75, 3.05) is 0 Å². The van der Waals surface area contributed by atoms with E-state index >= 15 is 0 Å². The monoisotopic (exact) mass is 247 g/mol. The maximum atomic E-state index is 10.5. The Morgan fingerprint density at radius 1 is 1.22 bits per heavy atom. The molecule has 0 saturated heterocycles. The number of nitro groups is 1. The minimum absolute atomic E-state index is 0.0742. The summed E-state index contributed by atoms with van der Waals surface area (Å²) in [5.74, 6) is 1.03. The number of benzene rings is 1. The molecule has 1 fully saturated rings. The van der Waals surface area contributed by atoms with Crippen LogP contribution >= 0.6 is 0 Å². The third-order valence-electron chi connectivity index (χ3n) is 3.34. The number of hydrogen-bond donors (Lipinski definition) is 1. The molecule has 96 valence electrons. The van der Waals surface area contributed by atoms with Gasteiger partial charge in [-0.05, 0) is 25.0 Å². The van der Waals surface area contributed by atoms with Gasteiger partial charge >= 0.3 is 0 Å². The van der Waals surface area contributed by atoms with Crippen molar-refractivity contribution in [2.45, 2.75) is 32.1 Å². The highest BCUT2D eigenvalue weighted by molar-refractivity contribution is 5.85. The first-order valence-electron chi connectivity index (χ1n) is 6.25. The lowest BCUT2D eigenvalue weighted by Crippen LogP contribution is -2.25. The third kappa shape index (κ3) is 3.06. The number of nitro benzene ring substituents is 1. The lowest BCUT2D eigenvalue weighted by molar-refractivity contribution is -0.384. The molecule has 1 saturated carbocycles. The van der Waals surface area contributed by atoms with Gasteiger partial charge in [0.1, 0.15) is 5.84 Å². The molecule has 0 radical (unpaired) electrons. The van der Waals surface area contributed by atoms with Crippen molar-refractivity contribution in [3.63, 3.8) is 0 Å². The summed E-state index contributed by atoms with van der Waals surface area (Å²) < 4.78 is 0. The minimum Gasteiger partial charge on any atom is -0.387 e. The van der Waals surface area contributed by atoms with E-state index in [-0.39, 0.29) is 5.69 Å². The predicted octanol–water partition coefficient (Wildman–Crippen LogP) is 3.16. The van der Waals surface area contributed by atoms with Gasteiger partial charge in [0.15, 0.2) is 0 Å². The standard InChI is InChI=1S/C13H17N3O2/c14-13(10-4-2-1-3-5-10)15-11-6-8-12(9-7-11)16(17)18/h6-10H,1-5H2,(H2,14,15). The van der Waals surface area contributed by atoms with Crippen molar-refractivity contribution in [3.05, 3.63) is 34.4 Å². The maximum absolute atomic E-state index is 10.5. The fraction of sp³-hybridized carbons (Fsp3) is 0.462. The van der Waals surface area contributed by atoms with Gasteiger partial charge in [-0.15, -0.1) is 0 Å². The molecule has 0 spiro atoms. The van der Waals surface area contributed by atoms with Crippen molar-refractivity contribution in [2.24, 2.45) is 16.6 Å². The van der Waals surface area contributed by atoms with E-state index in [1.54, 1.807) is 12.1 Å². The topological polar surface area (TPSA) is 81.5 Å². The van der Waals surface area contributed by atoms with E-state index in [0.717, 1.165) is 12.8 Å². The molecule has 0 heterocycles. The Morgan fingerprint density at radius 3 is 2.39 bits per heavy atom. The van der Waals surface area contributed by atoms with Crippen LogP contribution in [0.2, 0.25) is 0 Å². The molecular formula is C13H17N3O2. The highest BCUT2D eigenvalue weighted by atomic mass is 16.6. The van der Waals surface area contributed by atoms with Crippen LogP contribution in [-0.4, -0.2) is 10.8 Å².